The Morgan fingerprint density at radius 1 is 1.35 bits per heavy atom. The van der Waals surface area contributed by atoms with E-state index in [2.05, 4.69) is 15.3 Å². The quantitative estimate of drug-likeness (QED) is 0.772. The fourth-order valence-electron chi connectivity index (χ4n) is 1.70. The van der Waals surface area contributed by atoms with Crippen LogP contribution in [0, 0.1) is 6.92 Å². The van der Waals surface area contributed by atoms with Crippen LogP contribution in [0.3, 0.4) is 0 Å². The van der Waals surface area contributed by atoms with Crippen molar-refractivity contribution in [2.45, 2.75) is 40.2 Å². The van der Waals surface area contributed by atoms with Crippen molar-refractivity contribution in [1.29, 1.82) is 0 Å². The molecule has 0 saturated heterocycles. The Morgan fingerprint density at radius 2 is 2.05 bits per heavy atom. The lowest BCUT2D eigenvalue weighted by molar-refractivity contribution is 0.000566. The van der Waals surface area contributed by atoms with Crippen LogP contribution in [-0.4, -0.2) is 41.3 Å². The molecule has 6 heteroatoms. The van der Waals surface area contributed by atoms with Crippen LogP contribution in [0.1, 0.15) is 43.7 Å². The largest absolute Gasteiger partial charge is 0.462 e. The average Bonchev–Trinajstić information content (AvgIpc) is 2.36. The minimum absolute atomic E-state index is 0.300. The molecular formula is C14H23N3O3. The van der Waals surface area contributed by atoms with E-state index in [1.165, 1.54) is 6.20 Å². The van der Waals surface area contributed by atoms with E-state index in [-0.39, 0.29) is 5.60 Å². The molecule has 0 fully saturated rings. The number of anilines is 1. The Hall–Kier alpha value is -1.69. The molecule has 0 aliphatic carbocycles. The van der Waals surface area contributed by atoms with Gasteiger partial charge in [-0.05, 0) is 34.6 Å². The normalized spacial score (nSPS) is 11.2. The van der Waals surface area contributed by atoms with Crippen LogP contribution in [0.2, 0.25) is 0 Å². The zero-order valence-electron chi connectivity index (χ0n) is 12.8. The number of carbonyl (C=O) groups is 1. The second kappa shape index (κ2) is 7.19. The van der Waals surface area contributed by atoms with E-state index in [4.69, 9.17) is 9.47 Å². The molecule has 0 spiro atoms. The molecule has 1 aromatic rings. The first-order valence-corrected chi connectivity index (χ1v) is 6.78. The van der Waals surface area contributed by atoms with E-state index >= 15 is 0 Å². The van der Waals surface area contributed by atoms with Crippen LogP contribution in [0.15, 0.2) is 6.20 Å². The van der Waals surface area contributed by atoms with Gasteiger partial charge in [0.15, 0.2) is 0 Å². The lowest BCUT2D eigenvalue weighted by atomic mass is 10.1. The van der Waals surface area contributed by atoms with E-state index < -0.39 is 5.97 Å². The number of esters is 1. The molecule has 112 valence electrons. The number of hydrogen-bond acceptors (Lipinski definition) is 6. The predicted octanol–water partition coefficient (Wildman–Crippen LogP) is 2.19. The zero-order valence-corrected chi connectivity index (χ0v) is 12.8. The maximum Gasteiger partial charge on any atom is 0.341 e. The van der Waals surface area contributed by atoms with Gasteiger partial charge in [-0.2, -0.15) is 0 Å². The van der Waals surface area contributed by atoms with Gasteiger partial charge in [0.2, 0.25) is 5.95 Å². The zero-order chi connectivity index (χ0) is 15.2. The van der Waals surface area contributed by atoms with Crippen LogP contribution in [0.4, 0.5) is 5.95 Å². The highest BCUT2D eigenvalue weighted by Crippen LogP contribution is 2.12. The molecule has 0 radical (unpaired) electrons. The van der Waals surface area contributed by atoms with Gasteiger partial charge in [0.05, 0.1) is 23.5 Å². The number of aryl methyl sites for hydroxylation is 1. The molecule has 0 bridgehead atoms. The van der Waals surface area contributed by atoms with E-state index in [0.717, 1.165) is 0 Å². The molecule has 0 aliphatic heterocycles. The Labute approximate surface area is 119 Å². The van der Waals surface area contributed by atoms with Gasteiger partial charge < -0.3 is 14.8 Å². The first-order valence-electron chi connectivity index (χ1n) is 6.78. The van der Waals surface area contributed by atoms with Crippen LogP contribution in [0.5, 0.6) is 0 Å². The van der Waals surface area contributed by atoms with Crippen molar-refractivity contribution in [2.24, 2.45) is 0 Å². The minimum Gasteiger partial charge on any atom is -0.462 e. The molecule has 0 aliphatic rings. The second-order valence-corrected chi connectivity index (χ2v) is 4.96. The Morgan fingerprint density at radius 3 is 2.60 bits per heavy atom. The predicted molar refractivity (Wildman–Crippen MR) is 76.9 cm³/mol. The van der Waals surface area contributed by atoms with Gasteiger partial charge in [0, 0.05) is 19.3 Å². The number of rotatable bonds is 7. The van der Waals surface area contributed by atoms with Gasteiger partial charge in [-0.25, -0.2) is 14.8 Å². The monoisotopic (exact) mass is 281 g/mol. The number of aromatic nitrogens is 2. The molecule has 0 aromatic carbocycles. The smallest absolute Gasteiger partial charge is 0.341 e. The summed E-state index contributed by atoms with van der Waals surface area (Å²) in [5, 5.41) is 3.11. The third kappa shape index (κ3) is 4.77. The summed E-state index contributed by atoms with van der Waals surface area (Å²) < 4.78 is 10.5. The maximum absolute atomic E-state index is 11.6. The van der Waals surface area contributed by atoms with Gasteiger partial charge in [0.25, 0.3) is 0 Å². The van der Waals surface area contributed by atoms with Gasteiger partial charge in [-0.1, -0.05) is 0 Å². The van der Waals surface area contributed by atoms with E-state index in [9.17, 15) is 4.79 Å². The summed E-state index contributed by atoms with van der Waals surface area (Å²) in [4.78, 5) is 20.0. The first kappa shape index (κ1) is 16.4. The topological polar surface area (TPSA) is 73.3 Å². The van der Waals surface area contributed by atoms with E-state index in [1.807, 2.05) is 20.8 Å². The lowest BCUT2D eigenvalue weighted by Crippen LogP contribution is -2.33. The average molecular weight is 281 g/mol. The SMILES string of the molecule is CCOC(=O)c1cnc(NCC(C)(C)OCC)nc1C. The molecule has 0 amide bonds. The van der Waals surface area contributed by atoms with Crippen molar-refractivity contribution in [3.63, 3.8) is 0 Å². The molecular weight excluding hydrogens is 258 g/mol. The third-order valence-electron chi connectivity index (χ3n) is 2.68. The first-order chi connectivity index (χ1) is 9.39. The van der Waals surface area contributed by atoms with Crippen molar-refractivity contribution in [3.05, 3.63) is 17.5 Å². The van der Waals surface area contributed by atoms with Crippen LogP contribution in [0.25, 0.3) is 0 Å². The van der Waals surface area contributed by atoms with Gasteiger partial charge in [0.1, 0.15) is 0 Å². The summed E-state index contributed by atoms with van der Waals surface area (Å²) >= 11 is 0. The highest BCUT2D eigenvalue weighted by molar-refractivity contribution is 5.90. The summed E-state index contributed by atoms with van der Waals surface area (Å²) in [6.45, 7) is 11.0. The fraction of sp³-hybridized carbons (Fsp3) is 0.643. The highest BCUT2D eigenvalue weighted by atomic mass is 16.5. The van der Waals surface area contributed by atoms with Crippen molar-refractivity contribution in [1.82, 2.24) is 9.97 Å². The van der Waals surface area contributed by atoms with E-state index in [1.54, 1.807) is 13.8 Å². The third-order valence-corrected chi connectivity index (χ3v) is 2.68. The summed E-state index contributed by atoms with van der Waals surface area (Å²) in [5.74, 6) is 0.0783. The summed E-state index contributed by atoms with van der Waals surface area (Å²) in [6, 6.07) is 0. The number of nitrogens with one attached hydrogen (secondary N) is 1. The van der Waals surface area contributed by atoms with Crippen molar-refractivity contribution in [2.75, 3.05) is 25.1 Å². The number of hydrogen-bond donors (Lipinski definition) is 1. The maximum atomic E-state index is 11.6. The molecule has 20 heavy (non-hydrogen) atoms. The molecule has 1 N–H and O–H groups in total. The number of ether oxygens (including phenoxy) is 2. The highest BCUT2D eigenvalue weighted by Gasteiger charge is 2.18. The van der Waals surface area contributed by atoms with Gasteiger partial charge in [-0.15, -0.1) is 0 Å². The summed E-state index contributed by atoms with van der Waals surface area (Å²) in [7, 11) is 0. The lowest BCUT2D eigenvalue weighted by Gasteiger charge is -2.24. The molecule has 1 aromatic heterocycles. The molecule has 1 rings (SSSR count). The van der Waals surface area contributed by atoms with Crippen LogP contribution in [-0.2, 0) is 9.47 Å². The van der Waals surface area contributed by atoms with E-state index in [0.29, 0.717) is 37.0 Å². The Kier molecular flexibility index (Phi) is 5.88. The summed E-state index contributed by atoms with van der Waals surface area (Å²) in [6.07, 6.45) is 1.48. The van der Waals surface area contributed by atoms with Crippen LogP contribution >= 0.6 is 0 Å². The molecule has 0 saturated carbocycles. The number of nitrogens with zero attached hydrogens (tertiary/aromatic N) is 2. The summed E-state index contributed by atoms with van der Waals surface area (Å²) in [5.41, 5.74) is 0.683. The second-order valence-electron chi connectivity index (χ2n) is 4.96. The van der Waals surface area contributed by atoms with Gasteiger partial charge >= 0.3 is 5.97 Å². The molecule has 0 atom stereocenters. The van der Waals surface area contributed by atoms with Crippen molar-refractivity contribution in [3.8, 4) is 0 Å². The Balaban J connectivity index is 2.70. The van der Waals surface area contributed by atoms with Gasteiger partial charge in [-0.3, -0.25) is 0 Å². The van der Waals surface area contributed by atoms with Crippen LogP contribution < -0.4 is 5.32 Å². The molecule has 6 nitrogen and oxygen atoms in total. The molecule has 0 unspecified atom stereocenters. The standard InChI is InChI=1S/C14H23N3O3/c1-6-19-12(18)11-8-15-13(17-10(11)3)16-9-14(4,5)20-7-2/h8H,6-7,9H2,1-5H3,(H,15,16,17). The fourth-order valence-corrected chi connectivity index (χ4v) is 1.70. The minimum atomic E-state index is -0.397. The molecule has 1 heterocycles. The van der Waals surface area contributed by atoms with Crippen molar-refractivity contribution >= 4 is 11.9 Å². The number of carbonyl (C=O) groups excluding carboxylic acids is 1. The van der Waals surface area contributed by atoms with Crippen molar-refractivity contribution < 1.29 is 14.3 Å². The Bertz CT molecular complexity index is 461.